The largest absolute Gasteiger partial charge is 0.497 e. The molecule has 0 aliphatic heterocycles. The van der Waals surface area contributed by atoms with Gasteiger partial charge in [-0.05, 0) is 49.2 Å². The average molecular weight is 348 g/mol. The first-order valence-electron chi connectivity index (χ1n) is 7.90. The van der Waals surface area contributed by atoms with Gasteiger partial charge in [0.25, 0.3) is 5.91 Å². The number of methoxy groups -OCH3 is 1. The van der Waals surface area contributed by atoms with Crippen molar-refractivity contribution in [3.05, 3.63) is 59.1 Å². The Hall–Kier alpha value is -2.20. The number of nitrogens with one attached hydrogen (secondary N) is 1. The van der Waals surface area contributed by atoms with Crippen LogP contribution >= 0.6 is 11.6 Å². The highest BCUT2D eigenvalue weighted by atomic mass is 35.5. The Bertz CT molecular complexity index is 673. The summed E-state index contributed by atoms with van der Waals surface area (Å²) in [6, 6.07) is 14.6. The topological polar surface area (TPSA) is 47.6 Å². The van der Waals surface area contributed by atoms with Crippen LogP contribution in [0.1, 0.15) is 31.9 Å². The molecule has 2 aromatic carbocycles. The first-order chi connectivity index (χ1) is 11.5. The Kier molecular flexibility index (Phi) is 6.50. The molecule has 2 rings (SSSR count). The highest BCUT2D eigenvalue weighted by Gasteiger charge is 2.19. The van der Waals surface area contributed by atoms with E-state index in [1.165, 1.54) is 0 Å². The maximum absolute atomic E-state index is 12.4. The van der Waals surface area contributed by atoms with Crippen LogP contribution in [0.15, 0.2) is 48.5 Å². The molecular formula is C19H22ClNO3. The number of benzene rings is 2. The van der Waals surface area contributed by atoms with Crippen molar-refractivity contribution >= 4 is 17.5 Å². The molecule has 0 aliphatic rings. The van der Waals surface area contributed by atoms with Gasteiger partial charge in [0.2, 0.25) is 0 Å². The summed E-state index contributed by atoms with van der Waals surface area (Å²) in [5, 5.41) is 3.59. The van der Waals surface area contributed by atoms with Gasteiger partial charge in [0.05, 0.1) is 13.2 Å². The molecule has 0 unspecified atom stereocenters. The molecule has 0 saturated carbocycles. The minimum absolute atomic E-state index is 0.0752. The van der Waals surface area contributed by atoms with E-state index in [-0.39, 0.29) is 11.9 Å². The highest BCUT2D eigenvalue weighted by molar-refractivity contribution is 6.30. The van der Waals surface area contributed by atoms with Crippen molar-refractivity contribution in [2.45, 2.75) is 32.4 Å². The lowest BCUT2D eigenvalue weighted by molar-refractivity contribution is -0.128. The van der Waals surface area contributed by atoms with Crippen molar-refractivity contribution < 1.29 is 14.3 Å². The number of hydrogen-bond donors (Lipinski definition) is 1. The zero-order chi connectivity index (χ0) is 17.5. The predicted octanol–water partition coefficient (Wildman–Crippen LogP) is 4.38. The molecule has 1 amide bonds. The van der Waals surface area contributed by atoms with Crippen molar-refractivity contribution in [2.24, 2.45) is 0 Å². The Labute approximate surface area is 147 Å². The van der Waals surface area contributed by atoms with Crippen LogP contribution in [0.2, 0.25) is 5.02 Å². The molecule has 1 N–H and O–H groups in total. The molecule has 2 atom stereocenters. The van der Waals surface area contributed by atoms with Gasteiger partial charge in [-0.2, -0.15) is 0 Å². The van der Waals surface area contributed by atoms with Crippen LogP contribution in [0.4, 0.5) is 0 Å². The average Bonchev–Trinajstić information content (AvgIpc) is 2.59. The lowest BCUT2D eigenvalue weighted by Gasteiger charge is -2.21. The number of halogens is 1. The van der Waals surface area contributed by atoms with Crippen LogP contribution < -0.4 is 14.8 Å². The molecule has 128 valence electrons. The summed E-state index contributed by atoms with van der Waals surface area (Å²) < 4.78 is 10.8. The lowest BCUT2D eigenvalue weighted by Crippen LogP contribution is -2.38. The molecule has 0 aliphatic carbocycles. The van der Waals surface area contributed by atoms with E-state index in [1.54, 1.807) is 38.3 Å². The van der Waals surface area contributed by atoms with Gasteiger partial charge in [0, 0.05) is 5.02 Å². The maximum Gasteiger partial charge on any atom is 0.261 e. The van der Waals surface area contributed by atoms with E-state index in [0.717, 1.165) is 17.7 Å². The van der Waals surface area contributed by atoms with Crippen molar-refractivity contribution in [2.75, 3.05) is 7.11 Å². The summed E-state index contributed by atoms with van der Waals surface area (Å²) in [5.41, 5.74) is 1.03. The molecule has 0 heterocycles. The van der Waals surface area contributed by atoms with Gasteiger partial charge in [0.15, 0.2) is 6.10 Å². The van der Waals surface area contributed by atoms with Gasteiger partial charge in [-0.1, -0.05) is 36.7 Å². The molecule has 2 aromatic rings. The van der Waals surface area contributed by atoms with Crippen molar-refractivity contribution in [1.82, 2.24) is 5.32 Å². The molecule has 24 heavy (non-hydrogen) atoms. The number of rotatable bonds is 7. The Morgan fingerprint density at radius 2 is 1.88 bits per heavy atom. The van der Waals surface area contributed by atoms with E-state index in [1.807, 2.05) is 31.2 Å². The fourth-order valence-electron chi connectivity index (χ4n) is 2.34. The number of carbonyl (C=O) groups excluding carboxylic acids is 1. The third kappa shape index (κ3) is 4.90. The highest BCUT2D eigenvalue weighted by Crippen LogP contribution is 2.21. The SMILES string of the molecule is CC[C@H](NC(=O)[C@@H](C)Oc1cccc(Cl)c1)c1ccc(OC)cc1. The molecule has 4 nitrogen and oxygen atoms in total. The summed E-state index contributed by atoms with van der Waals surface area (Å²) in [6.45, 7) is 3.74. The molecule has 0 aromatic heterocycles. The third-order valence-corrected chi connectivity index (χ3v) is 3.96. The lowest BCUT2D eigenvalue weighted by atomic mass is 10.0. The quantitative estimate of drug-likeness (QED) is 0.808. The molecular weight excluding hydrogens is 326 g/mol. The summed E-state index contributed by atoms with van der Waals surface area (Å²) in [5.74, 6) is 1.19. The van der Waals surface area contributed by atoms with Crippen molar-refractivity contribution in [3.63, 3.8) is 0 Å². The van der Waals surface area contributed by atoms with E-state index in [2.05, 4.69) is 5.32 Å². The third-order valence-electron chi connectivity index (χ3n) is 3.72. The molecule has 0 saturated heterocycles. The van der Waals surface area contributed by atoms with Crippen molar-refractivity contribution in [3.8, 4) is 11.5 Å². The summed E-state index contributed by atoms with van der Waals surface area (Å²) in [7, 11) is 1.63. The fourth-order valence-corrected chi connectivity index (χ4v) is 2.52. The molecule has 5 heteroatoms. The van der Waals surface area contributed by atoms with Crippen LogP contribution in [0.25, 0.3) is 0 Å². The summed E-state index contributed by atoms with van der Waals surface area (Å²) >= 11 is 5.93. The molecule has 0 bridgehead atoms. The standard InChI is InChI=1S/C19H22ClNO3/c1-4-18(14-8-10-16(23-3)11-9-14)21-19(22)13(2)24-17-7-5-6-15(20)12-17/h5-13,18H,4H2,1-3H3,(H,21,22)/t13-,18+/m1/s1. The smallest absolute Gasteiger partial charge is 0.261 e. The molecule has 0 radical (unpaired) electrons. The van der Waals surface area contributed by atoms with Crippen molar-refractivity contribution in [1.29, 1.82) is 0 Å². The Balaban J connectivity index is 1.99. The first-order valence-corrected chi connectivity index (χ1v) is 8.27. The Morgan fingerprint density at radius 3 is 2.46 bits per heavy atom. The normalized spacial score (nSPS) is 13.0. The Morgan fingerprint density at radius 1 is 1.17 bits per heavy atom. The van der Waals surface area contributed by atoms with E-state index < -0.39 is 6.10 Å². The zero-order valence-electron chi connectivity index (χ0n) is 14.1. The summed E-state index contributed by atoms with van der Waals surface area (Å²) in [4.78, 5) is 12.4. The van der Waals surface area contributed by atoms with Crippen LogP contribution in [0.5, 0.6) is 11.5 Å². The monoisotopic (exact) mass is 347 g/mol. The second-order valence-electron chi connectivity index (χ2n) is 5.46. The second kappa shape index (κ2) is 8.60. The van der Waals surface area contributed by atoms with E-state index in [0.29, 0.717) is 10.8 Å². The molecule has 0 spiro atoms. The van der Waals surface area contributed by atoms with Gasteiger partial charge < -0.3 is 14.8 Å². The van der Waals surface area contributed by atoms with E-state index in [9.17, 15) is 4.79 Å². The van der Waals surface area contributed by atoms with Gasteiger partial charge in [-0.15, -0.1) is 0 Å². The van der Waals surface area contributed by atoms with Crippen LogP contribution in [-0.2, 0) is 4.79 Å². The first kappa shape index (κ1) is 18.1. The van der Waals surface area contributed by atoms with Gasteiger partial charge in [0.1, 0.15) is 11.5 Å². The van der Waals surface area contributed by atoms with E-state index in [4.69, 9.17) is 21.1 Å². The van der Waals surface area contributed by atoms with Crippen LogP contribution in [0.3, 0.4) is 0 Å². The van der Waals surface area contributed by atoms with Gasteiger partial charge in [-0.3, -0.25) is 4.79 Å². The number of hydrogen-bond acceptors (Lipinski definition) is 3. The summed E-state index contributed by atoms with van der Waals surface area (Å²) in [6.07, 6.45) is 0.165. The van der Waals surface area contributed by atoms with Crippen LogP contribution in [0, 0.1) is 0 Å². The van der Waals surface area contributed by atoms with E-state index >= 15 is 0 Å². The fraction of sp³-hybridized carbons (Fsp3) is 0.316. The minimum Gasteiger partial charge on any atom is -0.497 e. The molecule has 0 fully saturated rings. The van der Waals surface area contributed by atoms with Crippen LogP contribution in [-0.4, -0.2) is 19.1 Å². The maximum atomic E-state index is 12.4. The minimum atomic E-state index is -0.615. The number of amides is 1. The zero-order valence-corrected chi connectivity index (χ0v) is 14.8. The predicted molar refractivity (Wildman–Crippen MR) is 95.7 cm³/mol. The van der Waals surface area contributed by atoms with Gasteiger partial charge in [-0.25, -0.2) is 0 Å². The number of ether oxygens (including phenoxy) is 2. The van der Waals surface area contributed by atoms with Gasteiger partial charge >= 0.3 is 0 Å². The second-order valence-corrected chi connectivity index (χ2v) is 5.90. The number of carbonyl (C=O) groups is 1.